The quantitative estimate of drug-likeness (QED) is 0.187. The van der Waals surface area contributed by atoms with Crippen LogP contribution in [0.25, 0.3) is 115 Å². The molecule has 1 unspecified atom stereocenters. The highest BCUT2D eigenvalue weighted by Gasteiger charge is 2.26. The molecule has 6 nitrogen and oxygen atoms in total. The van der Waals surface area contributed by atoms with Crippen LogP contribution < -0.4 is 5.32 Å². The van der Waals surface area contributed by atoms with Crippen LogP contribution in [0, 0.1) is 0 Å². The number of aliphatic imine (C=N–C) groups is 2. The highest BCUT2D eigenvalue weighted by atomic mass is 16.3. The predicted molar refractivity (Wildman–Crippen MR) is 285 cm³/mol. The molecule has 0 spiro atoms. The normalized spacial score (nSPS) is 14.2. The van der Waals surface area contributed by atoms with Crippen molar-refractivity contribution >= 4 is 110 Å². The van der Waals surface area contributed by atoms with Gasteiger partial charge >= 0.3 is 0 Å². The largest absolute Gasteiger partial charge is 0.456 e. The fourth-order valence-electron chi connectivity index (χ4n) is 10.8. The second kappa shape index (κ2) is 14.6. The summed E-state index contributed by atoms with van der Waals surface area (Å²) in [6.07, 6.45) is -0.466. The van der Waals surface area contributed by atoms with Crippen molar-refractivity contribution in [1.29, 1.82) is 0 Å². The van der Waals surface area contributed by atoms with E-state index in [4.69, 9.17) is 18.8 Å². The summed E-state index contributed by atoms with van der Waals surface area (Å²) in [5, 5.41) is 17.3. The molecule has 69 heavy (non-hydrogen) atoms. The maximum atomic E-state index is 7.11. The molecule has 0 aliphatic carbocycles. The number of hydrogen-bond donors (Lipinski definition) is 1. The molecule has 0 bridgehead atoms. The average molecular weight is 883 g/mol. The van der Waals surface area contributed by atoms with Gasteiger partial charge in [-0.2, -0.15) is 0 Å². The number of amidine groups is 2. The summed E-state index contributed by atoms with van der Waals surface area (Å²) in [5.74, 6) is 1.35. The van der Waals surface area contributed by atoms with Crippen molar-refractivity contribution in [3.63, 3.8) is 0 Å². The number of para-hydroxylation sites is 1. The molecule has 0 radical (unpaired) electrons. The number of furan rings is 2. The fraction of sp³-hybridized carbons (Fsp3) is 0.0159. The Morgan fingerprint density at radius 1 is 0.391 bits per heavy atom. The molecule has 0 saturated heterocycles. The topological polar surface area (TPSA) is 68.0 Å². The first-order valence-corrected chi connectivity index (χ1v) is 23.4. The number of benzene rings is 11. The maximum Gasteiger partial charge on any atom is 0.159 e. The molecule has 3 aromatic heterocycles. The Morgan fingerprint density at radius 2 is 0.986 bits per heavy atom. The first kappa shape index (κ1) is 37.9. The van der Waals surface area contributed by atoms with Crippen LogP contribution in [0.5, 0.6) is 0 Å². The molecular weight excluding hydrogens is 845 g/mol. The minimum atomic E-state index is -0.466. The molecule has 322 valence electrons. The minimum absolute atomic E-state index is 0.466. The lowest BCUT2D eigenvalue weighted by Crippen LogP contribution is -2.33. The zero-order valence-electron chi connectivity index (χ0n) is 37.0. The van der Waals surface area contributed by atoms with Crippen LogP contribution in [0.1, 0.15) is 22.9 Å². The molecular formula is C63H38N4O2. The van der Waals surface area contributed by atoms with Crippen LogP contribution in [0.15, 0.2) is 237 Å². The van der Waals surface area contributed by atoms with Gasteiger partial charge in [0.25, 0.3) is 0 Å². The number of fused-ring (bicyclic) bond motifs is 13. The van der Waals surface area contributed by atoms with Crippen LogP contribution in [0.2, 0.25) is 0 Å². The third-order valence-electron chi connectivity index (χ3n) is 14.2. The van der Waals surface area contributed by atoms with Gasteiger partial charge in [0.15, 0.2) is 11.4 Å². The van der Waals surface area contributed by atoms with Gasteiger partial charge in [-0.05, 0) is 110 Å². The number of hydrogen-bond acceptors (Lipinski definition) is 5. The molecule has 1 aliphatic rings. The Balaban J connectivity index is 1.02. The van der Waals surface area contributed by atoms with Gasteiger partial charge < -0.3 is 18.7 Å². The van der Waals surface area contributed by atoms with Crippen molar-refractivity contribution in [3.8, 4) is 16.8 Å². The molecule has 1 N–H and O–H groups in total. The summed E-state index contributed by atoms with van der Waals surface area (Å²) in [6.45, 7) is 0. The smallest absolute Gasteiger partial charge is 0.159 e. The zero-order chi connectivity index (χ0) is 45.2. The predicted octanol–water partition coefficient (Wildman–Crippen LogP) is 16.2. The SMILES string of the molecule is c1ccc(-c2ccc(C3=NC(c4cc(-n5c6cc7ccccc7cc6c6cc7ccccc7cc65)c5oc6ccc7ccccc7c6c5c4)=NC(c4ccc5oc6ccccc6c5c4)N3)cc2)cc1. The molecule has 0 fully saturated rings. The van der Waals surface area contributed by atoms with Gasteiger partial charge in [-0.15, -0.1) is 0 Å². The second-order valence-electron chi connectivity index (χ2n) is 18.2. The van der Waals surface area contributed by atoms with Crippen molar-refractivity contribution in [1.82, 2.24) is 9.88 Å². The van der Waals surface area contributed by atoms with E-state index in [1.807, 2.05) is 18.2 Å². The summed E-state index contributed by atoms with van der Waals surface area (Å²) in [6, 6.07) is 77.6. The second-order valence-corrected chi connectivity index (χ2v) is 18.2. The van der Waals surface area contributed by atoms with Crippen molar-refractivity contribution < 1.29 is 8.83 Å². The number of nitrogens with zero attached hydrogens (tertiary/aromatic N) is 3. The van der Waals surface area contributed by atoms with E-state index >= 15 is 0 Å². The van der Waals surface area contributed by atoms with E-state index in [0.29, 0.717) is 5.84 Å². The van der Waals surface area contributed by atoms with Gasteiger partial charge in [0.2, 0.25) is 0 Å². The average Bonchev–Trinajstić information content (AvgIpc) is 4.08. The monoisotopic (exact) mass is 882 g/mol. The maximum absolute atomic E-state index is 7.11. The number of aromatic nitrogens is 1. The molecule has 4 heterocycles. The summed E-state index contributed by atoms with van der Waals surface area (Å²) in [7, 11) is 0. The van der Waals surface area contributed by atoms with Gasteiger partial charge in [-0.25, -0.2) is 9.98 Å². The Kier molecular flexibility index (Phi) is 8.03. The van der Waals surface area contributed by atoms with Crippen molar-refractivity contribution in [3.05, 3.63) is 235 Å². The van der Waals surface area contributed by atoms with E-state index in [1.54, 1.807) is 0 Å². The highest BCUT2D eigenvalue weighted by Crippen LogP contribution is 2.43. The lowest BCUT2D eigenvalue weighted by Gasteiger charge is -2.24. The number of rotatable bonds is 5. The van der Waals surface area contributed by atoms with Gasteiger partial charge in [-0.3, -0.25) is 0 Å². The Hall–Kier alpha value is -9.26. The van der Waals surface area contributed by atoms with E-state index in [2.05, 4.69) is 210 Å². The molecule has 15 rings (SSSR count). The third-order valence-corrected chi connectivity index (χ3v) is 14.2. The van der Waals surface area contributed by atoms with E-state index in [1.165, 1.54) is 32.3 Å². The summed E-state index contributed by atoms with van der Waals surface area (Å²) in [4.78, 5) is 11.0. The Morgan fingerprint density at radius 3 is 1.72 bits per heavy atom. The van der Waals surface area contributed by atoms with Crippen LogP contribution in [-0.2, 0) is 0 Å². The molecule has 11 aromatic carbocycles. The first-order chi connectivity index (χ1) is 34.1. The van der Waals surface area contributed by atoms with E-state index in [-0.39, 0.29) is 0 Å². The summed E-state index contributed by atoms with van der Waals surface area (Å²) in [5.41, 5.74) is 11.6. The summed E-state index contributed by atoms with van der Waals surface area (Å²) >= 11 is 0. The molecule has 0 saturated carbocycles. The van der Waals surface area contributed by atoms with Crippen molar-refractivity contribution in [2.45, 2.75) is 6.17 Å². The Labute approximate surface area is 394 Å². The van der Waals surface area contributed by atoms with E-state index in [9.17, 15) is 0 Å². The van der Waals surface area contributed by atoms with Gasteiger partial charge in [0, 0.05) is 43.4 Å². The van der Waals surface area contributed by atoms with Crippen LogP contribution >= 0.6 is 0 Å². The Bertz CT molecular complexity index is 4420. The van der Waals surface area contributed by atoms with Gasteiger partial charge in [0.1, 0.15) is 28.8 Å². The first-order valence-electron chi connectivity index (χ1n) is 23.4. The molecule has 1 atom stereocenters. The molecule has 1 aliphatic heterocycles. The van der Waals surface area contributed by atoms with Gasteiger partial charge in [-0.1, -0.05) is 158 Å². The minimum Gasteiger partial charge on any atom is -0.456 e. The highest BCUT2D eigenvalue weighted by molar-refractivity contribution is 6.24. The lowest BCUT2D eigenvalue weighted by atomic mass is 10.0. The molecule has 6 heteroatoms. The van der Waals surface area contributed by atoms with Crippen LogP contribution in [0.3, 0.4) is 0 Å². The fourth-order valence-corrected chi connectivity index (χ4v) is 10.8. The lowest BCUT2D eigenvalue weighted by molar-refractivity contribution is 0.663. The molecule has 0 amide bonds. The van der Waals surface area contributed by atoms with E-state index < -0.39 is 6.17 Å². The standard InChI is InChI=1S/C63H38N4O2/c1-2-12-37(13-3-1)38-22-24-40(25-23-38)61-64-62(45-27-28-57-51(32-45)48-20-10-11-21-56(48)68-57)66-63(65-61)46-33-52-59-47-19-9-8-14-39(47)26-29-58(59)69-60(52)55(36-46)67-53-34-43-17-6-4-15-41(43)30-49(53)50-31-42-16-5-7-18-44(42)35-54(50)67/h1-36,62H,(H,64,65,66). The summed E-state index contributed by atoms with van der Waals surface area (Å²) < 4.78 is 15.8. The van der Waals surface area contributed by atoms with Crippen LogP contribution in [-0.4, -0.2) is 16.2 Å². The third kappa shape index (κ3) is 5.92. The van der Waals surface area contributed by atoms with Crippen molar-refractivity contribution in [2.24, 2.45) is 9.98 Å². The van der Waals surface area contributed by atoms with Crippen LogP contribution in [0.4, 0.5) is 0 Å². The number of nitrogens with one attached hydrogen (secondary N) is 1. The van der Waals surface area contributed by atoms with Crippen molar-refractivity contribution in [2.75, 3.05) is 0 Å². The zero-order valence-corrected chi connectivity index (χ0v) is 37.0. The molecule has 14 aromatic rings. The van der Waals surface area contributed by atoms with E-state index in [0.717, 1.165) is 105 Å². The van der Waals surface area contributed by atoms with Gasteiger partial charge in [0.05, 0.1) is 16.7 Å².